The second-order valence-electron chi connectivity index (χ2n) is 18.5. The number of hydrogen-bond donors (Lipinski definition) is 1. The molecule has 1 aliphatic heterocycles. The minimum atomic E-state index is -0.777. The highest BCUT2D eigenvalue weighted by molar-refractivity contribution is 5.78. The molecular formula is C50H101N5O3. The zero-order chi connectivity index (χ0) is 42.2. The summed E-state index contributed by atoms with van der Waals surface area (Å²) in [5.41, 5.74) is 0. The van der Waals surface area contributed by atoms with E-state index in [-0.39, 0.29) is 12.5 Å². The molecule has 8 nitrogen and oxygen atoms in total. The zero-order valence-corrected chi connectivity index (χ0v) is 39.6. The van der Waals surface area contributed by atoms with Gasteiger partial charge < -0.3 is 19.8 Å². The fourth-order valence-electron chi connectivity index (χ4n) is 8.56. The third-order valence-corrected chi connectivity index (χ3v) is 12.8. The van der Waals surface area contributed by atoms with Crippen LogP contribution in [-0.2, 0) is 9.59 Å². The Balaban J connectivity index is 2.49. The van der Waals surface area contributed by atoms with Gasteiger partial charge in [-0.05, 0) is 26.9 Å². The average molecular weight is 820 g/mol. The monoisotopic (exact) mass is 820 g/mol. The van der Waals surface area contributed by atoms with Crippen LogP contribution < -0.4 is 0 Å². The van der Waals surface area contributed by atoms with Crippen molar-refractivity contribution in [3.8, 4) is 0 Å². The number of hydrogen-bond acceptors (Lipinski definition) is 6. The van der Waals surface area contributed by atoms with E-state index in [2.05, 4.69) is 47.5 Å². The largest absolute Gasteiger partial charge is 0.480 e. The molecule has 0 bridgehead atoms. The van der Waals surface area contributed by atoms with Gasteiger partial charge in [-0.15, -0.1) is 0 Å². The second kappa shape index (κ2) is 41.1. The van der Waals surface area contributed by atoms with Crippen molar-refractivity contribution in [2.75, 3.05) is 92.6 Å². The molecule has 0 aliphatic carbocycles. The van der Waals surface area contributed by atoms with Gasteiger partial charge in [0.05, 0.1) is 13.1 Å². The van der Waals surface area contributed by atoms with Gasteiger partial charge in [0.2, 0.25) is 5.91 Å². The van der Waals surface area contributed by atoms with Crippen molar-refractivity contribution in [3.05, 3.63) is 0 Å². The molecule has 1 heterocycles. The minimum absolute atomic E-state index is 0.0557. The van der Waals surface area contributed by atoms with Gasteiger partial charge in [-0.2, -0.15) is 0 Å². The molecule has 8 heteroatoms. The quantitative estimate of drug-likeness (QED) is 0.0622. The summed E-state index contributed by atoms with van der Waals surface area (Å²) in [6.45, 7) is 13.5. The first kappa shape index (κ1) is 54.8. The Hall–Kier alpha value is -1.22. The molecule has 1 rings (SSSR count). The first-order chi connectivity index (χ1) is 28.3. The van der Waals surface area contributed by atoms with Gasteiger partial charge in [0.1, 0.15) is 0 Å². The highest BCUT2D eigenvalue weighted by atomic mass is 16.4. The fraction of sp³-hybridized carbons (Fsp3) is 0.960. The number of likely N-dealkylation sites (N-methyl/N-ethyl adjacent to an activating group) is 2. The van der Waals surface area contributed by atoms with E-state index in [1.54, 1.807) is 0 Å². The van der Waals surface area contributed by atoms with Crippen molar-refractivity contribution in [2.24, 2.45) is 0 Å². The number of carbonyl (C=O) groups excluding carboxylic acids is 1. The van der Waals surface area contributed by atoms with E-state index >= 15 is 0 Å². The molecule has 1 N–H and O–H groups in total. The van der Waals surface area contributed by atoms with Crippen molar-refractivity contribution in [1.29, 1.82) is 0 Å². The van der Waals surface area contributed by atoms with Crippen LogP contribution in [0.1, 0.15) is 219 Å². The van der Waals surface area contributed by atoms with Gasteiger partial charge in [0, 0.05) is 65.4 Å². The minimum Gasteiger partial charge on any atom is -0.480 e. The molecule has 0 atom stereocenters. The molecule has 0 saturated carbocycles. The second-order valence-corrected chi connectivity index (χ2v) is 18.5. The molecule has 0 spiro atoms. The maximum atomic E-state index is 14.0. The van der Waals surface area contributed by atoms with Crippen LogP contribution in [0.4, 0.5) is 0 Å². The standard InChI is InChI=1S/C50H101N5O3/c1-5-7-9-11-13-15-17-19-21-23-25-27-29-31-33-35-37-55(38-36-34-32-30-28-26-24-22-20-18-16-14-12-10-8-6-2)49(56)47-53-43-41-51(3)39-40-52(4)42-44-54(46-45-53)48-50(57)58/h5-48H2,1-4H3,(H,57,58). The van der Waals surface area contributed by atoms with Crippen LogP contribution in [0.3, 0.4) is 0 Å². The number of aliphatic carboxylic acids is 1. The van der Waals surface area contributed by atoms with Crippen LogP contribution >= 0.6 is 0 Å². The molecule has 1 aliphatic rings. The van der Waals surface area contributed by atoms with Gasteiger partial charge in [0.15, 0.2) is 0 Å². The van der Waals surface area contributed by atoms with Gasteiger partial charge in [-0.3, -0.25) is 19.4 Å². The van der Waals surface area contributed by atoms with Crippen LogP contribution in [0, 0.1) is 0 Å². The highest BCUT2D eigenvalue weighted by Crippen LogP contribution is 2.16. The number of carboxylic acids is 1. The van der Waals surface area contributed by atoms with Crippen LogP contribution in [0.5, 0.6) is 0 Å². The molecule has 0 aromatic carbocycles. The van der Waals surface area contributed by atoms with Gasteiger partial charge in [-0.1, -0.05) is 206 Å². The number of amides is 1. The van der Waals surface area contributed by atoms with E-state index in [0.29, 0.717) is 13.1 Å². The smallest absolute Gasteiger partial charge is 0.317 e. The summed E-state index contributed by atoms with van der Waals surface area (Å²) < 4.78 is 0. The normalized spacial score (nSPS) is 15.7. The Bertz CT molecular complexity index is 870. The van der Waals surface area contributed by atoms with E-state index in [1.807, 2.05) is 4.90 Å². The average Bonchev–Trinajstić information content (AvgIpc) is 3.20. The lowest BCUT2D eigenvalue weighted by molar-refractivity contribution is -0.138. The number of carbonyl (C=O) groups is 2. The third-order valence-electron chi connectivity index (χ3n) is 12.8. The Morgan fingerprint density at radius 3 is 0.914 bits per heavy atom. The Kier molecular flexibility index (Phi) is 38.9. The van der Waals surface area contributed by atoms with Crippen molar-refractivity contribution < 1.29 is 14.7 Å². The highest BCUT2D eigenvalue weighted by Gasteiger charge is 2.20. The summed E-state index contributed by atoms with van der Waals surface area (Å²) in [5, 5.41) is 9.58. The number of unbranched alkanes of at least 4 members (excludes halogenated alkanes) is 30. The van der Waals surface area contributed by atoms with E-state index in [4.69, 9.17) is 0 Å². The topological polar surface area (TPSA) is 70.6 Å². The molecule has 1 amide bonds. The Morgan fingerprint density at radius 1 is 0.379 bits per heavy atom. The van der Waals surface area contributed by atoms with Crippen LogP contribution in [0.2, 0.25) is 0 Å². The molecule has 344 valence electrons. The Morgan fingerprint density at radius 2 is 0.621 bits per heavy atom. The predicted octanol–water partition coefficient (Wildman–Crippen LogP) is 11.9. The predicted molar refractivity (Wildman–Crippen MR) is 251 cm³/mol. The number of carboxylic acid groups (broad SMARTS) is 1. The molecular weight excluding hydrogens is 719 g/mol. The first-order valence-electron chi connectivity index (χ1n) is 25.7. The maximum absolute atomic E-state index is 14.0. The molecule has 0 radical (unpaired) electrons. The van der Waals surface area contributed by atoms with E-state index in [0.717, 1.165) is 71.7 Å². The third kappa shape index (κ3) is 35.5. The number of nitrogens with zero attached hydrogens (tertiary/aromatic N) is 5. The van der Waals surface area contributed by atoms with Gasteiger partial charge in [0.25, 0.3) is 0 Å². The summed E-state index contributed by atoms with van der Waals surface area (Å²) in [6.07, 6.45) is 43.6. The molecule has 0 aromatic rings. The summed E-state index contributed by atoms with van der Waals surface area (Å²) in [4.78, 5) is 36.9. The molecule has 1 saturated heterocycles. The molecule has 0 unspecified atom stereocenters. The van der Waals surface area contributed by atoms with Crippen LogP contribution in [-0.4, -0.2) is 134 Å². The summed E-state index contributed by atoms with van der Waals surface area (Å²) in [7, 11) is 4.30. The summed E-state index contributed by atoms with van der Waals surface area (Å²) in [5.74, 6) is -0.512. The van der Waals surface area contributed by atoms with E-state index in [1.165, 1.54) is 193 Å². The first-order valence-corrected chi connectivity index (χ1v) is 25.7. The van der Waals surface area contributed by atoms with Crippen LogP contribution in [0.15, 0.2) is 0 Å². The lowest BCUT2D eigenvalue weighted by Gasteiger charge is -2.32. The lowest BCUT2D eigenvalue weighted by Crippen LogP contribution is -2.48. The van der Waals surface area contributed by atoms with E-state index < -0.39 is 5.97 Å². The lowest BCUT2D eigenvalue weighted by atomic mass is 10.0. The van der Waals surface area contributed by atoms with Crippen molar-refractivity contribution in [3.63, 3.8) is 0 Å². The zero-order valence-electron chi connectivity index (χ0n) is 39.6. The fourth-order valence-corrected chi connectivity index (χ4v) is 8.56. The van der Waals surface area contributed by atoms with Crippen molar-refractivity contribution in [2.45, 2.75) is 219 Å². The molecule has 1 fully saturated rings. The van der Waals surface area contributed by atoms with Gasteiger partial charge in [-0.25, -0.2) is 0 Å². The Labute approximate surface area is 362 Å². The van der Waals surface area contributed by atoms with Crippen molar-refractivity contribution in [1.82, 2.24) is 24.5 Å². The number of rotatable bonds is 38. The SMILES string of the molecule is CCCCCCCCCCCCCCCCCCN(CCCCCCCCCCCCCCCCCC)C(=O)CN1CCN(C)CCN(C)CCN(CC(=O)O)CC1. The summed E-state index contributed by atoms with van der Waals surface area (Å²) in [6, 6.07) is 0. The maximum Gasteiger partial charge on any atom is 0.317 e. The van der Waals surface area contributed by atoms with E-state index in [9.17, 15) is 14.7 Å². The van der Waals surface area contributed by atoms with Crippen molar-refractivity contribution >= 4 is 11.9 Å². The van der Waals surface area contributed by atoms with Gasteiger partial charge >= 0.3 is 5.97 Å². The molecule has 0 aromatic heterocycles. The van der Waals surface area contributed by atoms with Crippen LogP contribution in [0.25, 0.3) is 0 Å². The molecule has 58 heavy (non-hydrogen) atoms. The summed E-state index contributed by atoms with van der Waals surface area (Å²) >= 11 is 0.